The summed E-state index contributed by atoms with van der Waals surface area (Å²) in [4.78, 5) is 0. The van der Waals surface area contributed by atoms with Crippen LogP contribution in [0.2, 0.25) is 5.02 Å². The molecule has 3 heteroatoms. The Kier molecular flexibility index (Phi) is 5.21. The van der Waals surface area contributed by atoms with Crippen molar-refractivity contribution in [2.24, 2.45) is 5.92 Å². The van der Waals surface area contributed by atoms with E-state index in [4.69, 9.17) is 16.3 Å². The molecule has 1 aliphatic heterocycles. The fourth-order valence-electron chi connectivity index (χ4n) is 3.03. The van der Waals surface area contributed by atoms with E-state index in [1.165, 1.54) is 5.56 Å². The Hall–Kier alpha value is -0.730. The molecule has 0 saturated heterocycles. The number of hydrogen-bond donors (Lipinski definition) is 1. The zero-order valence-electron chi connectivity index (χ0n) is 13.9. The van der Waals surface area contributed by atoms with E-state index >= 15 is 0 Å². The molecule has 2 nitrogen and oxygen atoms in total. The second-order valence-corrected chi connectivity index (χ2v) is 7.10. The first-order valence-corrected chi connectivity index (χ1v) is 8.51. The Balaban J connectivity index is 2.38. The molecule has 0 aliphatic carbocycles. The maximum atomic E-state index is 6.39. The predicted molar refractivity (Wildman–Crippen MR) is 90.3 cm³/mol. The van der Waals surface area contributed by atoms with Crippen molar-refractivity contribution in [3.63, 3.8) is 0 Å². The van der Waals surface area contributed by atoms with Crippen molar-refractivity contribution in [2.45, 2.75) is 65.5 Å². The minimum atomic E-state index is -0.0537. The van der Waals surface area contributed by atoms with E-state index in [0.29, 0.717) is 12.0 Å². The third kappa shape index (κ3) is 3.54. The van der Waals surface area contributed by atoms with E-state index in [-0.39, 0.29) is 5.60 Å². The fraction of sp³-hybridized carbons (Fsp3) is 0.667. The van der Waals surface area contributed by atoms with Crippen molar-refractivity contribution in [3.8, 4) is 5.75 Å². The monoisotopic (exact) mass is 309 g/mol. The molecule has 21 heavy (non-hydrogen) atoms. The van der Waals surface area contributed by atoms with Crippen LogP contribution in [0.5, 0.6) is 5.75 Å². The molecular formula is C18H28ClNO. The average molecular weight is 310 g/mol. The Bertz CT molecular complexity index is 494. The van der Waals surface area contributed by atoms with Gasteiger partial charge in [0.2, 0.25) is 0 Å². The first-order chi connectivity index (χ1) is 9.90. The fourth-order valence-corrected chi connectivity index (χ4v) is 3.20. The van der Waals surface area contributed by atoms with E-state index < -0.39 is 0 Å². The minimum Gasteiger partial charge on any atom is -0.487 e. The number of halogens is 1. The molecule has 0 spiro atoms. The molecule has 0 amide bonds. The van der Waals surface area contributed by atoms with Gasteiger partial charge in [-0.25, -0.2) is 0 Å². The SMILES string of the molecule is CCC1(CC)CC(NCC(C)C)c2cc(Cl)c(C)cc2O1. The summed E-state index contributed by atoms with van der Waals surface area (Å²) in [5, 5.41) is 4.54. The van der Waals surface area contributed by atoms with Gasteiger partial charge in [0.15, 0.2) is 0 Å². The number of rotatable bonds is 5. The van der Waals surface area contributed by atoms with E-state index in [1.807, 2.05) is 6.92 Å². The summed E-state index contributed by atoms with van der Waals surface area (Å²) in [5.41, 5.74) is 2.24. The predicted octanol–water partition coefficient (Wildman–Crippen LogP) is 5.28. The van der Waals surface area contributed by atoms with Crippen molar-refractivity contribution in [2.75, 3.05) is 6.54 Å². The number of nitrogens with one attached hydrogen (secondary N) is 1. The van der Waals surface area contributed by atoms with Crippen molar-refractivity contribution in [3.05, 3.63) is 28.3 Å². The molecule has 0 fully saturated rings. The van der Waals surface area contributed by atoms with E-state index in [2.05, 4.69) is 45.1 Å². The van der Waals surface area contributed by atoms with Gasteiger partial charge in [0, 0.05) is 23.0 Å². The van der Waals surface area contributed by atoms with Crippen LogP contribution >= 0.6 is 11.6 Å². The summed E-state index contributed by atoms with van der Waals surface area (Å²) < 4.78 is 6.39. The standard InChI is InChI=1S/C18H28ClNO/c1-6-18(7-2)10-16(20-11-12(3)4)14-9-15(19)13(5)8-17(14)21-18/h8-9,12,16,20H,6-7,10-11H2,1-5H3. The highest BCUT2D eigenvalue weighted by molar-refractivity contribution is 6.31. The maximum absolute atomic E-state index is 6.39. The molecule has 0 bridgehead atoms. The lowest BCUT2D eigenvalue weighted by molar-refractivity contribution is 0.0223. The highest BCUT2D eigenvalue weighted by atomic mass is 35.5. The Morgan fingerprint density at radius 2 is 2.00 bits per heavy atom. The Morgan fingerprint density at radius 1 is 1.33 bits per heavy atom. The summed E-state index contributed by atoms with van der Waals surface area (Å²) in [6, 6.07) is 4.51. The van der Waals surface area contributed by atoms with Crippen LogP contribution < -0.4 is 10.1 Å². The Labute approximate surface area is 134 Å². The van der Waals surface area contributed by atoms with Crippen molar-refractivity contribution in [1.82, 2.24) is 5.32 Å². The summed E-state index contributed by atoms with van der Waals surface area (Å²) in [7, 11) is 0. The lowest BCUT2D eigenvalue weighted by Gasteiger charge is -2.42. The van der Waals surface area contributed by atoms with Crippen molar-refractivity contribution in [1.29, 1.82) is 0 Å². The van der Waals surface area contributed by atoms with Crippen LogP contribution in [0.25, 0.3) is 0 Å². The van der Waals surface area contributed by atoms with Crippen LogP contribution in [0.4, 0.5) is 0 Å². The highest BCUT2D eigenvalue weighted by Gasteiger charge is 2.38. The molecule has 1 aromatic carbocycles. The summed E-state index contributed by atoms with van der Waals surface area (Å²) >= 11 is 6.33. The first-order valence-electron chi connectivity index (χ1n) is 8.13. The topological polar surface area (TPSA) is 21.3 Å². The molecule has 1 aliphatic rings. The lowest BCUT2D eigenvalue weighted by atomic mass is 9.83. The number of aryl methyl sites for hydroxylation is 1. The normalized spacial score (nSPS) is 20.2. The molecule has 1 aromatic rings. The van der Waals surface area contributed by atoms with Crippen LogP contribution in [0, 0.1) is 12.8 Å². The van der Waals surface area contributed by atoms with Gasteiger partial charge < -0.3 is 10.1 Å². The number of hydrogen-bond acceptors (Lipinski definition) is 2. The van der Waals surface area contributed by atoms with Gasteiger partial charge in [0.05, 0.1) is 0 Å². The van der Waals surface area contributed by atoms with Crippen LogP contribution in [0.15, 0.2) is 12.1 Å². The van der Waals surface area contributed by atoms with Gasteiger partial charge in [-0.3, -0.25) is 0 Å². The van der Waals surface area contributed by atoms with Crippen LogP contribution in [0.3, 0.4) is 0 Å². The van der Waals surface area contributed by atoms with Crippen LogP contribution in [-0.2, 0) is 0 Å². The zero-order valence-corrected chi connectivity index (χ0v) is 14.7. The largest absolute Gasteiger partial charge is 0.487 e. The van der Waals surface area contributed by atoms with Crippen LogP contribution in [0.1, 0.15) is 64.1 Å². The molecule has 1 unspecified atom stereocenters. The number of ether oxygens (including phenoxy) is 1. The van der Waals surface area contributed by atoms with E-state index in [0.717, 1.165) is 42.1 Å². The first kappa shape index (κ1) is 16.6. The molecule has 118 valence electrons. The van der Waals surface area contributed by atoms with Gasteiger partial charge >= 0.3 is 0 Å². The van der Waals surface area contributed by atoms with Gasteiger partial charge in [-0.05, 0) is 49.9 Å². The van der Waals surface area contributed by atoms with Gasteiger partial charge in [-0.15, -0.1) is 0 Å². The molecule has 1 N–H and O–H groups in total. The number of benzene rings is 1. The molecule has 1 atom stereocenters. The Morgan fingerprint density at radius 3 is 2.57 bits per heavy atom. The highest BCUT2D eigenvalue weighted by Crippen LogP contribution is 2.44. The minimum absolute atomic E-state index is 0.0537. The van der Waals surface area contributed by atoms with Crippen molar-refractivity contribution < 1.29 is 4.74 Å². The van der Waals surface area contributed by atoms with Gasteiger partial charge in [-0.1, -0.05) is 39.3 Å². The second-order valence-electron chi connectivity index (χ2n) is 6.69. The van der Waals surface area contributed by atoms with E-state index in [9.17, 15) is 0 Å². The zero-order chi connectivity index (χ0) is 15.6. The van der Waals surface area contributed by atoms with Crippen molar-refractivity contribution >= 4 is 11.6 Å². The summed E-state index contributed by atoms with van der Waals surface area (Å²) in [5.74, 6) is 1.64. The third-order valence-corrected chi connectivity index (χ3v) is 5.04. The third-order valence-electron chi connectivity index (χ3n) is 4.63. The van der Waals surface area contributed by atoms with Gasteiger partial charge in [-0.2, -0.15) is 0 Å². The molecule has 0 radical (unpaired) electrons. The molecule has 0 saturated carbocycles. The lowest BCUT2D eigenvalue weighted by Crippen LogP contribution is -2.44. The molecule has 0 aromatic heterocycles. The number of fused-ring (bicyclic) bond motifs is 1. The maximum Gasteiger partial charge on any atom is 0.125 e. The molecular weight excluding hydrogens is 282 g/mol. The second kappa shape index (κ2) is 6.58. The van der Waals surface area contributed by atoms with Crippen LogP contribution in [-0.4, -0.2) is 12.1 Å². The smallest absolute Gasteiger partial charge is 0.125 e. The van der Waals surface area contributed by atoms with E-state index in [1.54, 1.807) is 0 Å². The average Bonchev–Trinajstić information content (AvgIpc) is 2.46. The van der Waals surface area contributed by atoms with Gasteiger partial charge in [0.1, 0.15) is 11.4 Å². The summed E-state index contributed by atoms with van der Waals surface area (Å²) in [6.45, 7) is 12.0. The quantitative estimate of drug-likeness (QED) is 0.799. The molecule has 2 rings (SSSR count). The summed E-state index contributed by atoms with van der Waals surface area (Å²) in [6.07, 6.45) is 3.08. The van der Waals surface area contributed by atoms with Gasteiger partial charge in [0.25, 0.3) is 0 Å². The molecule has 1 heterocycles.